The minimum atomic E-state index is -0.443. The maximum Gasteiger partial charge on any atom is 0.269 e. The highest BCUT2D eigenvalue weighted by atomic mass is 16.6. The summed E-state index contributed by atoms with van der Waals surface area (Å²) < 4.78 is 0. The van der Waals surface area contributed by atoms with Gasteiger partial charge in [-0.25, -0.2) is 0 Å². The lowest BCUT2D eigenvalue weighted by Crippen LogP contribution is -2.29. The van der Waals surface area contributed by atoms with Gasteiger partial charge in [0, 0.05) is 35.0 Å². The van der Waals surface area contributed by atoms with Crippen LogP contribution in [-0.4, -0.2) is 28.0 Å². The number of nitro benzene ring substituents is 1. The van der Waals surface area contributed by atoms with Gasteiger partial charge in [0.25, 0.3) is 5.69 Å². The summed E-state index contributed by atoms with van der Waals surface area (Å²) in [6, 6.07) is 15.4. The summed E-state index contributed by atoms with van der Waals surface area (Å²) in [5, 5.41) is 31.8. The number of fused-ring (bicyclic) bond motifs is 1. The number of hydrogen-bond donors (Lipinski definition) is 1. The number of likely N-dealkylation sites (tertiary alicyclic amines) is 1. The Bertz CT molecular complexity index is 1060. The predicted molar refractivity (Wildman–Crippen MR) is 112 cm³/mol. The number of piperidine rings is 1. The molecule has 1 aliphatic heterocycles. The molecule has 0 amide bonds. The molecule has 1 N–H and O–H groups in total. The largest absolute Gasteiger partial charge is 0.507 e. The van der Waals surface area contributed by atoms with Crippen molar-refractivity contribution in [3.05, 3.63) is 70.3 Å². The fourth-order valence-corrected chi connectivity index (χ4v) is 3.71. The van der Waals surface area contributed by atoms with Crippen molar-refractivity contribution in [2.75, 3.05) is 13.1 Å². The van der Waals surface area contributed by atoms with Crippen molar-refractivity contribution in [3.8, 4) is 5.75 Å². The third-order valence-corrected chi connectivity index (χ3v) is 5.25. The Labute approximate surface area is 168 Å². The summed E-state index contributed by atoms with van der Waals surface area (Å²) in [7, 11) is 0. The minimum Gasteiger partial charge on any atom is -0.507 e. The third kappa shape index (κ3) is 4.25. The number of nitrogens with zero attached hydrogens (tertiary/aromatic N) is 4. The first-order valence-corrected chi connectivity index (χ1v) is 9.74. The summed E-state index contributed by atoms with van der Waals surface area (Å²) in [5.41, 5.74) is 2.06. The van der Waals surface area contributed by atoms with Crippen LogP contribution in [0.5, 0.6) is 5.75 Å². The Morgan fingerprint density at radius 2 is 1.66 bits per heavy atom. The molecular weight excluding hydrogens is 368 g/mol. The molecule has 1 aliphatic rings. The van der Waals surface area contributed by atoms with Gasteiger partial charge in [0.05, 0.1) is 16.3 Å². The smallest absolute Gasteiger partial charge is 0.269 e. The second-order valence-electron chi connectivity index (χ2n) is 7.26. The highest BCUT2D eigenvalue weighted by Gasteiger charge is 2.16. The number of hydrogen-bond acceptors (Lipinski definition) is 6. The second kappa shape index (κ2) is 8.36. The van der Waals surface area contributed by atoms with Crippen molar-refractivity contribution in [3.63, 3.8) is 0 Å². The van der Waals surface area contributed by atoms with Crippen LogP contribution >= 0.6 is 0 Å². The minimum absolute atomic E-state index is 0.0165. The molecule has 7 nitrogen and oxygen atoms in total. The van der Waals surface area contributed by atoms with Gasteiger partial charge in [-0.2, -0.15) is 5.11 Å². The molecule has 1 fully saturated rings. The Balaban J connectivity index is 1.68. The summed E-state index contributed by atoms with van der Waals surface area (Å²) in [6.45, 7) is 2.74. The molecule has 0 atom stereocenters. The van der Waals surface area contributed by atoms with E-state index in [2.05, 4.69) is 15.1 Å². The van der Waals surface area contributed by atoms with E-state index < -0.39 is 4.92 Å². The number of rotatable bonds is 5. The van der Waals surface area contributed by atoms with E-state index >= 15 is 0 Å². The molecule has 0 radical (unpaired) electrons. The molecule has 7 heteroatoms. The van der Waals surface area contributed by atoms with Crippen LogP contribution < -0.4 is 0 Å². The molecule has 3 aromatic rings. The van der Waals surface area contributed by atoms with Crippen LogP contribution in [0.4, 0.5) is 17.1 Å². The van der Waals surface area contributed by atoms with Crippen LogP contribution in [0.3, 0.4) is 0 Å². The molecule has 1 saturated heterocycles. The SMILES string of the molecule is O=[N+]([O-])c1ccc(N=Nc2cc(CN3CCCCC3)c(O)c3ccccc23)cc1. The molecule has 0 aromatic heterocycles. The second-order valence-corrected chi connectivity index (χ2v) is 7.26. The Kier molecular flexibility index (Phi) is 5.48. The van der Waals surface area contributed by atoms with E-state index in [9.17, 15) is 15.2 Å². The number of aromatic hydroxyl groups is 1. The molecule has 4 rings (SSSR count). The van der Waals surface area contributed by atoms with Gasteiger partial charge in [0.1, 0.15) is 5.75 Å². The summed E-state index contributed by atoms with van der Waals surface area (Å²) in [5.74, 6) is 0.292. The highest BCUT2D eigenvalue weighted by molar-refractivity contribution is 5.97. The first-order chi connectivity index (χ1) is 14.1. The molecule has 1 heterocycles. The number of non-ortho nitro benzene ring substituents is 1. The zero-order valence-corrected chi connectivity index (χ0v) is 16.0. The van der Waals surface area contributed by atoms with Crippen molar-refractivity contribution in [1.82, 2.24) is 4.90 Å². The molecular formula is C22H22N4O3. The highest BCUT2D eigenvalue weighted by Crippen LogP contribution is 2.37. The van der Waals surface area contributed by atoms with Gasteiger partial charge in [0.2, 0.25) is 0 Å². The molecule has 3 aromatic carbocycles. The number of azo groups is 1. The lowest BCUT2D eigenvalue weighted by Gasteiger charge is -2.27. The zero-order valence-electron chi connectivity index (χ0n) is 16.0. The van der Waals surface area contributed by atoms with E-state index in [1.165, 1.54) is 31.4 Å². The Morgan fingerprint density at radius 3 is 2.34 bits per heavy atom. The first-order valence-electron chi connectivity index (χ1n) is 9.74. The van der Waals surface area contributed by atoms with E-state index in [1.807, 2.05) is 30.3 Å². The molecule has 0 bridgehead atoms. The summed E-state index contributed by atoms with van der Waals surface area (Å²) >= 11 is 0. The Hall–Kier alpha value is -3.32. The maximum absolute atomic E-state index is 10.8. The standard InChI is InChI=1S/C22H22N4O3/c27-22-16(15-25-12-4-1-5-13-25)14-21(19-6-2-3-7-20(19)22)24-23-17-8-10-18(11-9-17)26(28)29/h2-3,6-11,14,27H,1,4-5,12-13,15H2. The number of phenolic OH excluding ortho intramolecular Hbond substituents is 1. The van der Waals surface area contributed by atoms with E-state index in [4.69, 9.17) is 0 Å². The molecule has 0 saturated carbocycles. The lowest BCUT2D eigenvalue weighted by molar-refractivity contribution is -0.384. The maximum atomic E-state index is 10.8. The average molecular weight is 390 g/mol. The van der Waals surface area contributed by atoms with Crippen LogP contribution in [0, 0.1) is 10.1 Å². The van der Waals surface area contributed by atoms with Crippen LogP contribution in [-0.2, 0) is 6.54 Å². The molecule has 148 valence electrons. The van der Waals surface area contributed by atoms with Gasteiger partial charge < -0.3 is 5.11 Å². The van der Waals surface area contributed by atoms with Crippen molar-refractivity contribution >= 4 is 27.8 Å². The monoisotopic (exact) mass is 390 g/mol. The number of benzene rings is 3. The Morgan fingerprint density at radius 1 is 0.966 bits per heavy atom. The van der Waals surface area contributed by atoms with Gasteiger partial charge in [-0.05, 0) is 44.1 Å². The quantitative estimate of drug-likeness (QED) is 0.336. The predicted octanol–water partition coefficient (Wildman–Crippen LogP) is 5.85. The summed E-state index contributed by atoms with van der Waals surface area (Å²) in [6.07, 6.45) is 3.62. The average Bonchev–Trinajstić information content (AvgIpc) is 2.76. The summed E-state index contributed by atoms with van der Waals surface area (Å²) in [4.78, 5) is 12.7. The van der Waals surface area contributed by atoms with Crippen LogP contribution in [0.25, 0.3) is 10.8 Å². The van der Waals surface area contributed by atoms with Gasteiger partial charge in [0.15, 0.2) is 0 Å². The van der Waals surface area contributed by atoms with Crippen molar-refractivity contribution < 1.29 is 10.0 Å². The van der Waals surface area contributed by atoms with Gasteiger partial charge in [-0.3, -0.25) is 15.0 Å². The van der Waals surface area contributed by atoms with Gasteiger partial charge >= 0.3 is 0 Å². The zero-order chi connectivity index (χ0) is 20.2. The van der Waals surface area contributed by atoms with E-state index in [0.717, 1.165) is 29.4 Å². The fourth-order valence-electron chi connectivity index (χ4n) is 3.71. The van der Waals surface area contributed by atoms with Crippen molar-refractivity contribution in [2.24, 2.45) is 10.2 Å². The third-order valence-electron chi connectivity index (χ3n) is 5.25. The topological polar surface area (TPSA) is 91.3 Å². The van der Waals surface area contributed by atoms with Gasteiger partial charge in [-0.1, -0.05) is 30.7 Å². The first kappa shape index (κ1) is 19.0. The van der Waals surface area contributed by atoms with E-state index in [0.29, 0.717) is 23.7 Å². The molecule has 0 aliphatic carbocycles. The number of phenols is 1. The van der Waals surface area contributed by atoms with Gasteiger partial charge in [-0.15, -0.1) is 5.11 Å². The molecule has 0 spiro atoms. The van der Waals surface area contributed by atoms with E-state index in [-0.39, 0.29) is 5.69 Å². The van der Waals surface area contributed by atoms with E-state index in [1.54, 1.807) is 12.1 Å². The van der Waals surface area contributed by atoms with Crippen LogP contribution in [0.1, 0.15) is 24.8 Å². The van der Waals surface area contributed by atoms with Crippen LogP contribution in [0.15, 0.2) is 64.8 Å². The number of nitro groups is 1. The van der Waals surface area contributed by atoms with Crippen molar-refractivity contribution in [2.45, 2.75) is 25.8 Å². The molecule has 29 heavy (non-hydrogen) atoms. The normalized spacial score (nSPS) is 15.2. The fraction of sp³-hybridized carbons (Fsp3) is 0.273. The molecule has 0 unspecified atom stereocenters. The van der Waals surface area contributed by atoms with Crippen LogP contribution in [0.2, 0.25) is 0 Å². The lowest BCUT2D eigenvalue weighted by atomic mass is 10.0. The van der Waals surface area contributed by atoms with Crippen molar-refractivity contribution in [1.29, 1.82) is 0 Å².